The Morgan fingerprint density at radius 1 is 0.870 bits per heavy atom. The zero-order chi connectivity index (χ0) is 34.2. The summed E-state index contributed by atoms with van der Waals surface area (Å²) in [5.74, 6) is -2.90. The van der Waals surface area contributed by atoms with E-state index < -0.39 is 59.3 Å². The second-order valence-electron chi connectivity index (χ2n) is 13.2. The molecule has 250 valence electrons. The molecular weight excluding hydrogens is 596 g/mol. The van der Waals surface area contributed by atoms with Gasteiger partial charge in [-0.2, -0.15) is 0 Å². The monoisotopic (exact) mass is 640 g/mol. The van der Waals surface area contributed by atoms with Crippen LogP contribution in [0.2, 0.25) is 0 Å². The van der Waals surface area contributed by atoms with E-state index in [1.165, 1.54) is 6.07 Å². The van der Waals surface area contributed by atoms with Crippen molar-refractivity contribution in [2.24, 2.45) is 0 Å². The molecule has 6 N–H and O–H groups in total. The van der Waals surface area contributed by atoms with E-state index in [1.54, 1.807) is 71.9 Å². The SMILES string of the molecule is CC(C)(C)OC(=O)NCCC[C@@H]1NC(=O)[C@@H](NC(=O)OC(C)(C)C)Cc2cc(ccc2O)-c2cccc(c2)C[C@@H](C(=O)O)NC1=O. The molecular formula is C33H44N4O9. The number of amides is 4. The highest BCUT2D eigenvalue weighted by molar-refractivity contribution is 5.93. The van der Waals surface area contributed by atoms with Crippen molar-refractivity contribution in [2.45, 2.75) is 96.6 Å². The number of fused-ring (bicyclic) bond motifs is 5. The van der Waals surface area contributed by atoms with Gasteiger partial charge in [0.25, 0.3) is 0 Å². The van der Waals surface area contributed by atoms with Crippen LogP contribution in [0.3, 0.4) is 0 Å². The number of nitrogens with one attached hydrogen (secondary N) is 4. The Morgan fingerprint density at radius 3 is 2.17 bits per heavy atom. The van der Waals surface area contributed by atoms with Crippen LogP contribution < -0.4 is 21.3 Å². The lowest BCUT2D eigenvalue weighted by Crippen LogP contribution is -2.56. The van der Waals surface area contributed by atoms with Crippen LogP contribution in [0.25, 0.3) is 11.1 Å². The van der Waals surface area contributed by atoms with Crippen molar-refractivity contribution in [3.05, 3.63) is 53.6 Å². The maximum absolute atomic E-state index is 13.7. The lowest BCUT2D eigenvalue weighted by atomic mass is 9.96. The van der Waals surface area contributed by atoms with E-state index in [2.05, 4.69) is 21.3 Å². The van der Waals surface area contributed by atoms with E-state index in [-0.39, 0.29) is 38.0 Å². The van der Waals surface area contributed by atoms with Gasteiger partial charge in [-0.25, -0.2) is 14.4 Å². The largest absolute Gasteiger partial charge is 0.508 e. The van der Waals surface area contributed by atoms with Crippen LogP contribution in [0, 0.1) is 0 Å². The molecule has 1 aliphatic heterocycles. The number of hydrogen-bond donors (Lipinski definition) is 6. The first-order valence-corrected chi connectivity index (χ1v) is 15.1. The van der Waals surface area contributed by atoms with Gasteiger partial charge in [0.1, 0.15) is 35.1 Å². The van der Waals surface area contributed by atoms with E-state index in [9.17, 15) is 34.2 Å². The maximum Gasteiger partial charge on any atom is 0.408 e. The molecule has 4 amide bonds. The minimum Gasteiger partial charge on any atom is -0.508 e. The van der Waals surface area contributed by atoms with Gasteiger partial charge in [0.2, 0.25) is 11.8 Å². The molecule has 4 bridgehead atoms. The quantitative estimate of drug-likeness (QED) is 0.257. The number of benzene rings is 2. The Labute approximate surface area is 268 Å². The Bertz CT molecular complexity index is 1450. The van der Waals surface area contributed by atoms with Gasteiger partial charge < -0.3 is 41.0 Å². The fraction of sp³-hybridized carbons (Fsp3) is 0.485. The van der Waals surface area contributed by atoms with Crippen molar-refractivity contribution in [3.63, 3.8) is 0 Å². The molecule has 2 aromatic carbocycles. The second kappa shape index (κ2) is 15.0. The van der Waals surface area contributed by atoms with E-state index in [0.29, 0.717) is 16.7 Å². The summed E-state index contributed by atoms with van der Waals surface area (Å²) in [6, 6.07) is 8.09. The molecule has 3 atom stereocenters. The predicted octanol–water partition coefficient (Wildman–Crippen LogP) is 3.41. The average molecular weight is 641 g/mol. The number of carboxylic acid groups (broad SMARTS) is 1. The second-order valence-corrected chi connectivity index (χ2v) is 13.2. The molecule has 0 aromatic heterocycles. The number of carboxylic acids is 1. The van der Waals surface area contributed by atoms with Crippen LogP contribution in [0.4, 0.5) is 9.59 Å². The van der Waals surface area contributed by atoms with Crippen molar-refractivity contribution in [2.75, 3.05) is 6.54 Å². The van der Waals surface area contributed by atoms with E-state index >= 15 is 0 Å². The molecule has 13 nitrogen and oxygen atoms in total. The van der Waals surface area contributed by atoms with Crippen molar-refractivity contribution in [1.29, 1.82) is 0 Å². The molecule has 0 unspecified atom stereocenters. The number of carbonyl (C=O) groups is 5. The van der Waals surface area contributed by atoms with Gasteiger partial charge in [0.05, 0.1) is 0 Å². The molecule has 0 saturated heterocycles. The summed E-state index contributed by atoms with van der Waals surface area (Å²) >= 11 is 0. The van der Waals surface area contributed by atoms with E-state index in [0.717, 1.165) is 5.56 Å². The number of rotatable bonds is 6. The molecule has 0 saturated carbocycles. The Kier molecular flexibility index (Phi) is 11.6. The van der Waals surface area contributed by atoms with Gasteiger partial charge in [0.15, 0.2) is 0 Å². The van der Waals surface area contributed by atoms with Crippen LogP contribution in [0.5, 0.6) is 5.75 Å². The first-order valence-electron chi connectivity index (χ1n) is 15.1. The summed E-state index contributed by atoms with van der Waals surface area (Å²) in [6.45, 7) is 10.2. The summed E-state index contributed by atoms with van der Waals surface area (Å²) in [5.41, 5.74) is 0.814. The third-order valence-electron chi connectivity index (χ3n) is 6.80. The normalized spacial score (nSPS) is 19.0. The summed E-state index contributed by atoms with van der Waals surface area (Å²) in [5, 5.41) is 31.0. The van der Waals surface area contributed by atoms with Gasteiger partial charge in [-0.05, 0) is 88.8 Å². The van der Waals surface area contributed by atoms with Crippen molar-refractivity contribution >= 4 is 30.0 Å². The summed E-state index contributed by atoms with van der Waals surface area (Å²) in [7, 11) is 0. The van der Waals surface area contributed by atoms with Crippen LogP contribution in [-0.2, 0) is 36.7 Å². The first-order chi connectivity index (χ1) is 21.4. The fourth-order valence-electron chi connectivity index (χ4n) is 4.75. The highest BCUT2D eigenvalue weighted by Gasteiger charge is 2.31. The van der Waals surface area contributed by atoms with Gasteiger partial charge in [-0.1, -0.05) is 30.3 Å². The minimum atomic E-state index is -1.32. The Balaban J connectivity index is 1.98. The number of aliphatic carboxylic acids is 1. The number of hydrogen-bond acceptors (Lipinski definition) is 8. The number of phenols is 1. The topological polar surface area (TPSA) is 192 Å². The molecule has 0 fully saturated rings. The minimum absolute atomic E-state index is 0.00902. The van der Waals surface area contributed by atoms with Crippen LogP contribution in [0.1, 0.15) is 65.5 Å². The molecule has 2 aromatic rings. The molecule has 13 heteroatoms. The molecule has 0 aliphatic carbocycles. The van der Waals surface area contributed by atoms with E-state index in [4.69, 9.17) is 9.47 Å². The predicted molar refractivity (Wildman–Crippen MR) is 169 cm³/mol. The molecule has 0 spiro atoms. The first kappa shape index (κ1) is 35.7. The maximum atomic E-state index is 13.7. The molecule has 1 aliphatic rings. The summed E-state index contributed by atoms with van der Waals surface area (Å²) in [4.78, 5) is 64.3. The van der Waals surface area contributed by atoms with Crippen LogP contribution in [0.15, 0.2) is 42.5 Å². The lowest BCUT2D eigenvalue weighted by molar-refractivity contribution is -0.142. The number of carbonyl (C=O) groups excluding carboxylic acids is 4. The molecule has 0 radical (unpaired) electrons. The average Bonchev–Trinajstić information content (AvgIpc) is 2.92. The van der Waals surface area contributed by atoms with Crippen molar-refractivity contribution < 1.29 is 43.7 Å². The van der Waals surface area contributed by atoms with Gasteiger partial charge in [-0.15, -0.1) is 0 Å². The summed E-state index contributed by atoms with van der Waals surface area (Å²) < 4.78 is 10.6. The van der Waals surface area contributed by atoms with Crippen molar-refractivity contribution in [3.8, 4) is 16.9 Å². The van der Waals surface area contributed by atoms with Gasteiger partial charge >= 0.3 is 18.2 Å². The number of phenolic OH excluding ortho intramolecular Hbond substituents is 1. The van der Waals surface area contributed by atoms with Crippen molar-refractivity contribution in [1.82, 2.24) is 21.3 Å². The van der Waals surface area contributed by atoms with Crippen LogP contribution >= 0.6 is 0 Å². The van der Waals surface area contributed by atoms with Gasteiger partial charge in [-0.3, -0.25) is 9.59 Å². The lowest BCUT2D eigenvalue weighted by Gasteiger charge is -2.26. The highest BCUT2D eigenvalue weighted by Crippen LogP contribution is 2.28. The Morgan fingerprint density at radius 2 is 1.52 bits per heavy atom. The number of alkyl carbamates (subject to hydrolysis) is 2. The third-order valence-corrected chi connectivity index (χ3v) is 6.80. The third kappa shape index (κ3) is 11.3. The smallest absolute Gasteiger partial charge is 0.408 e. The molecule has 3 rings (SSSR count). The Hall–Kier alpha value is -4.81. The molecule has 1 heterocycles. The van der Waals surface area contributed by atoms with Gasteiger partial charge in [0, 0.05) is 19.4 Å². The van der Waals surface area contributed by atoms with Crippen LogP contribution in [-0.4, -0.2) is 76.1 Å². The summed E-state index contributed by atoms with van der Waals surface area (Å²) in [6.07, 6.45) is -1.51. The van der Waals surface area contributed by atoms with E-state index in [1.807, 2.05) is 6.07 Å². The standard InChI is InChI=1S/C33H44N4O9/c1-32(2,3)45-30(43)34-14-8-11-23-27(39)36-25(29(41)42)16-19-9-7-10-20(15-19)21-12-13-26(38)22(17-21)18-24(28(40)35-23)37-31(44)46-33(4,5)6/h7,9-10,12-13,15,17,23-25,38H,8,11,14,16,18H2,1-6H3,(H,34,43)(H,35,40)(H,36,39)(H,37,44)(H,41,42)/t23-,24-,25-/m0/s1. The zero-order valence-corrected chi connectivity index (χ0v) is 27.1. The fourth-order valence-corrected chi connectivity index (χ4v) is 4.75. The number of aromatic hydroxyl groups is 1. The zero-order valence-electron chi connectivity index (χ0n) is 27.1. The highest BCUT2D eigenvalue weighted by atomic mass is 16.6. The molecule has 46 heavy (non-hydrogen) atoms. The number of ether oxygens (including phenoxy) is 2.